The van der Waals surface area contributed by atoms with Gasteiger partial charge in [0.25, 0.3) is 5.22 Å². The van der Waals surface area contributed by atoms with E-state index >= 15 is 0 Å². The number of carboxylic acid groups (broad SMARTS) is 1. The van der Waals surface area contributed by atoms with Crippen LogP contribution in [-0.4, -0.2) is 18.1 Å². The molecule has 0 saturated heterocycles. The van der Waals surface area contributed by atoms with E-state index in [9.17, 15) is 9.90 Å². The van der Waals surface area contributed by atoms with E-state index < -0.39 is 5.97 Å². The number of para-hydroxylation sites is 2. The Hall–Kier alpha value is -2.25. The van der Waals surface area contributed by atoms with Gasteiger partial charge in [0.2, 0.25) is 0 Å². The molecule has 0 fully saturated rings. The summed E-state index contributed by atoms with van der Waals surface area (Å²) in [6.45, 7) is 0. The molecule has 0 N–H and O–H groups in total. The van der Waals surface area contributed by atoms with Gasteiger partial charge >= 0.3 is 0 Å². The van der Waals surface area contributed by atoms with Gasteiger partial charge in [-0.05, 0) is 48.2 Å². The molecule has 3 aromatic rings. The van der Waals surface area contributed by atoms with Crippen molar-refractivity contribution in [2.24, 2.45) is 0 Å². The van der Waals surface area contributed by atoms with Crippen LogP contribution in [0.4, 0.5) is 0 Å². The van der Waals surface area contributed by atoms with Crippen molar-refractivity contribution < 1.29 is 19.1 Å². The summed E-state index contributed by atoms with van der Waals surface area (Å²) in [5.74, 6) is -0.764. The number of carbonyl (C=O) groups excluding carboxylic acids is 1. The van der Waals surface area contributed by atoms with Crippen molar-refractivity contribution in [2.75, 3.05) is 7.11 Å². The zero-order valence-corrected chi connectivity index (χ0v) is 14.9. The minimum Gasteiger partial charge on any atom is -0.544 e. The van der Waals surface area contributed by atoms with Gasteiger partial charge in [-0.25, -0.2) is 4.98 Å². The lowest BCUT2D eigenvalue weighted by Crippen LogP contribution is -2.23. The predicted molar refractivity (Wildman–Crippen MR) is 93.5 cm³/mol. The Labute approximate surface area is 150 Å². The van der Waals surface area contributed by atoms with Crippen molar-refractivity contribution in [3.63, 3.8) is 0 Å². The Kier molecular flexibility index (Phi) is 4.92. The molecule has 122 valence electrons. The molecule has 5 nitrogen and oxygen atoms in total. The van der Waals surface area contributed by atoms with Gasteiger partial charge in [-0.15, -0.1) is 0 Å². The quantitative estimate of drug-likeness (QED) is 0.478. The summed E-state index contributed by atoms with van der Waals surface area (Å²) in [4.78, 5) is 15.7. The van der Waals surface area contributed by atoms with E-state index in [2.05, 4.69) is 20.9 Å². The number of hydrogen-bond donors (Lipinski definition) is 0. The van der Waals surface area contributed by atoms with E-state index in [1.165, 1.54) is 13.2 Å². The molecule has 0 aliphatic heterocycles. The number of carboxylic acids is 1. The van der Waals surface area contributed by atoms with Crippen molar-refractivity contribution in [3.8, 4) is 5.75 Å². The maximum absolute atomic E-state index is 11.5. The Morgan fingerprint density at radius 3 is 2.83 bits per heavy atom. The van der Waals surface area contributed by atoms with Crippen molar-refractivity contribution in [1.82, 2.24) is 4.98 Å². The zero-order valence-electron chi connectivity index (χ0n) is 12.5. The first kappa shape index (κ1) is 16.6. The summed E-state index contributed by atoms with van der Waals surface area (Å²) in [6.07, 6.45) is 1.47. The molecule has 1 aromatic heterocycles. The SMILES string of the molecule is COc1ccc(Br)cc1/C=C(\Sc1nc2ccccc2o1)C(=O)[O-]. The first-order chi connectivity index (χ1) is 11.6. The molecule has 0 atom stereocenters. The number of benzene rings is 2. The third-order valence-electron chi connectivity index (χ3n) is 3.15. The number of thioether (sulfide) groups is 1. The number of oxazole rings is 1. The summed E-state index contributed by atoms with van der Waals surface area (Å²) in [5.41, 5.74) is 1.87. The topological polar surface area (TPSA) is 75.4 Å². The highest BCUT2D eigenvalue weighted by molar-refractivity contribution is 9.10. The van der Waals surface area contributed by atoms with Crippen LogP contribution in [0, 0.1) is 0 Å². The van der Waals surface area contributed by atoms with Gasteiger partial charge in [0.1, 0.15) is 11.3 Å². The van der Waals surface area contributed by atoms with Gasteiger partial charge in [-0.2, -0.15) is 0 Å². The van der Waals surface area contributed by atoms with Gasteiger partial charge in [-0.3, -0.25) is 0 Å². The van der Waals surface area contributed by atoms with Gasteiger partial charge in [0, 0.05) is 14.9 Å². The normalized spacial score (nSPS) is 11.7. The average molecular weight is 405 g/mol. The molecule has 0 amide bonds. The Bertz CT molecular complexity index is 902. The van der Waals surface area contributed by atoms with E-state index in [0.29, 0.717) is 22.4 Å². The lowest BCUT2D eigenvalue weighted by atomic mass is 10.2. The van der Waals surface area contributed by atoms with Crippen molar-refractivity contribution in [3.05, 3.63) is 57.4 Å². The number of carbonyl (C=O) groups is 1. The molecule has 2 aromatic carbocycles. The molecule has 0 saturated carbocycles. The second-order valence-corrected chi connectivity index (χ2v) is 6.64. The summed E-state index contributed by atoms with van der Waals surface area (Å²) in [5, 5.41) is 11.7. The molecule has 1 heterocycles. The van der Waals surface area contributed by atoms with E-state index in [-0.39, 0.29) is 10.1 Å². The Morgan fingerprint density at radius 1 is 1.33 bits per heavy atom. The fourth-order valence-corrected chi connectivity index (χ4v) is 3.19. The standard InChI is InChI=1S/C17H12BrNO4S/c1-22-13-7-6-11(18)8-10(13)9-15(16(20)21)24-17-19-12-4-2-3-5-14(12)23-17/h2-9H,1H3,(H,20,21)/p-1/b15-9-. The largest absolute Gasteiger partial charge is 0.544 e. The number of ether oxygens (including phenoxy) is 1. The molecule has 24 heavy (non-hydrogen) atoms. The summed E-state index contributed by atoms with van der Waals surface area (Å²) in [6, 6.07) is 12.5. The third kappa shape index (κ3) is 3.63. The predicted octanol–water partition coefficient (Wildman–Crippen LogP) is 3.48. The highest BCUT2D eigenvalue weighted by Crippen LogP contribution is 2.32. The Balaban J connectivity index is 1.98. The van der Waals surface area contributed by atoms with Gasteiger partial charge in [0.15, 0.2) is 5.58 Å². The lowest BCUT2D eigenvalue weighted by Gasteiger charge is -2.09. The fraction of sp³-hybridized carbons (Fsp3) is 0.0588. The molecule has 0 radical (unpaired) electrons. The van der Waals surface area contributed by atoms with E-state index in [0.717, 1.165) is 16.2 Å². The fourth-order valence-electron chi connectivity index (χ4n) is 2.08. The smallest absolute Gasteiger partial charge is 0.261 e. The number of halogens is 1. The van der Waals surface area contributed by atoms with Crippen molar-refractivity contribution >= 4 is 50.8 Å². The maximum Gasteiger partial charge on any atom is 0.261 e. The zero-order chi connectivity index (χ0) is 17.1. The molecule has 0 aliphatic rings. The number of methoxy groups -OCH3 is 1. The van der Waals surface area contributed by atoms with Crippen LogP contribution >= 0.6 is 27.7 Å². The van der Waals surface area contributed by atoms with E-state index in [1.54, 1.807) is 24.3 Å². The number of nitrogens with zero attached hydrogens (tertiary/aromatic N) is 1. The third-order valence-corrected chi connectivity index (χ3v) is 4.50. The van der Waals surface area contributed by atoms with Crippen LogP contribution in [0.5, 0.6) is 5.75 Å². The first-order valence-electron chi connectivity index (χ1n) is 6.87. The molecule has 7 heteroatoms. The minimum absolute atomic E-state index is 0.0297. The van der Waals surface area contributed by atoms with Crippen LogP contribution in [-0.2, 0) is 4.79 Å². The second kappa shape index (κ2) is 7.11. The van der Waals surface area contributed by atoms with E-state index in [4.69, 9.17) is 9.15 Å². The van der Waals surface area contributed by atoms with Gasteiger partial charge in [0.05, 0.1) is 13.1 Å². The monoisotopic (exact) mass is 404 g/mol. The molecule has 0 aliphatic carbocycles. The van der Waals surface area contributed by atoms with Crippen molar-refractivity contribution in [1.29, 1.82) is 0 Å². The molecular formula is C17H11BrNO4S-. The first-order valence-corrected chi connectivity index (χ1v) is 8.48. The van der Waals surface area contributed by atoms with Crippen LogP contribution < -0.4 is 9.84 Å². The number of rotatable bonds is 5. The molecular weight excluding hydrogens is 394 g/mol. The average Bonchev–Trinajstić information content (AvgIpc) is 2.96. The number of aromatic nitrogens is 1. The van der Waals surface area contributed by atoms with Crippen LogP contribution in [0.1, 0.15) is 5.56 Å². The van der Waals surface area contributed by atoms with Crippen LogP contribution in [0.3, 0.4) is 0 Å². The second-order valence-electron chi connectivity index (χ2n) is 4.73. The lowest BCUT2D eigenvalue weighted by molar-refractivity contribution is -0.298. The summed E-state index contributed by atoms with van der Waals surface area (Å²) in [7, 11) is 1.52. The maximum atomic E-state index is 11.5. The number of hydrogen-bond acceptors (Lipinski definition) is 6. The van der Waals surface area contributed by atoms with Crippen LogP contribution in [0.2, 0.25) is 0 Å². The van der Waals surface area contributed by atoms with Crippen LogP contribution in [0.15, 0.2) is 61.5 Å². The summed E-state index contributed by atoms with van der Waals surface area (Å²) < 4.78 is 11.6. The molecule has 3 rings (SSSR count). The Morgan fingerprint density at radius 2 is 2.12 bits per heavy atom. The van der Waals surface area contributed by atoms with Crippen molar-refractivity contribution in [2.45, 2.75) is 5.22 Å². The highest BCUT2D eigenvalue weighted by Gasteiger charge is 2.11. The number of fused-ring (bicyclic) bond motifs is 1. The minimum atomic E-state index is -1.32. The molecule has 0 spiro atoms. The molecule has 0 unspecified atom stereocenters. The number of aliphatic carboxylic acids is 1. The van der Waals surface area contributed by atoms with E-state index in [1.807, 2.05) is 18.2 Å². The molecule has 0 bridgehead atoms. The summed E-state index contributed by atoms with van der Waals surface area (Å²) >= 11 is 4.25. The van der Waals surface area contributed by atoms with Crippen LogP contribution in [0.25, 0.3) is 17.2 Å². The highest BCUT2D eigenvalue weighted by atomic mass is 79.9. The van der Waals surface area contributed by atoms with Gasteiger partial charge in [-0.1, -0.05) is 28.1 Å². The van der Waals surface area contributed by atoms with Gasteiger partial charge < -0.3 is 19.1 Å².